The third-order valence-electron chi connectivity index (χ3n) is 3.52. The summed E-state index contributed by atoms with van der Waals surface area (Å²) in [5.41, 5.74) is 1.08. The molecule has 0 spiro atoms. The number of nitrogens with one attached hydrogen (secondary N) is 1. The molecule has 5 heteroatoms. The van der Waals surface area contributed by atoms with E-state index in [1.807, 2.05) is 30.3 Å². The second-order valence-corrected chi connectivity index (χ2v) is 6.39. The lowest BCUT2D eigenvalue weighted by molar-refractivity contribution is 0.0367. The zero-order valence-electron chi connectivity index (χ0n) is 13.9. The molecule has 1 aromatic heterocycles. The van der Waals surface area contributed by atoms with Crippen LogP contribution in [-0.4, -0.2) is 40.1 Å². The summed E-state index contributed by atoms with van der Waals surface area (Å²) in [4.78, 5) is 28.8. The molecule has 0 atom stereocenters. The van der Waals surface area contributed by atoms with Crippen LogP contribution < -0.4 is 5.56 Å². The van der Waals surface area contributed by atoms with E-state index in [1.165, 1.54) is 4.90 Å². The first-order valence-electron chi connectivity index (χ1n) is 7.46. The highest BCUT2D eigenvalue weighted by atomic mass is 16.3. The number of aromatic amines is 1. The van der Waals surface area contributed by atoms with E-state index in [0.29, 0.717) is 5.69 Å². The predicted molar refractivity (Wildman–Crippen MR) is 90.5 cm³/mol. The summed E-state index contributed by atoms with van der Waals surface area (Å²) in [6, 6.07) is 11.2. The van der Waals surface area contributed by atoms with E-state index in [-0.39, 0.29) is 12.1 Å². The molecule has 1 amide bonds. The van der Waals surface area contributed by atoms with Gasteiger partial charge in [0, 0.05) is 24.8 Å². The zero-order valence-corrected chi connectivity index (χ0v) is 13.9. The minimum absolute atomic E-state index is 0.0706. The van der Waals surface area contributed by atoms with Gasteiger partial charge in [-0.25, -0.2) is 0 Å². The summed E-state index contributed by atoms with van der Waals surface area (Å²) < 4.78 is 0. The van der Waals surface area contributed by atoms with Crippen molar-refractivity contribution < 1.29 is 9.90 Å². The maximum Gasteiger partial charge on any atom is 0.261 e. The number of pyridine rings is 1. The lowest BCUT2D eigenvalue weighted by Gasteiger charge is -2.25. The van der Waals surface area contributed by atoms with Gasteiger partial charge in [0.1, 0.15) is 5.56 Å². The number of carbonyl (C=O) groups is 1. The molecule has 0 bridgehead atoms. The van der Waals surface area contributed by atoms with Gasteiger partial charge in [0.05, 0.1) is 5.60 Å². The quantitative estimate of drug-likeness (QED) is 0.908. The van der Waals surface area contributed by atoms with Gasteiger partial charge in [0.15, 0.2) is 0 Å². The molecule has 5 nitrogen and oxygen atoms in total. The molecule has 0 saturated heterocycles. The third kappa shape index (κ3) is 4.07. The van der Waals surface area contributed by atoms with Gasteiger partial charge in [0.25, 0.3) is 11.5 Å². The van der Waals surface area contributed by atoms with E-state index >= 15 is 0 Å². The zero-order chi connectivity index (χ0) is 17.2. The molecule has 0 saturated carbocycles. The Bertz CT molecular complexity index is 758. The number of H-pyrrole nitrogens is 1. The molecule has 1 aromatic carbocycles. The highest BCUT2D eigenvalue weighted by Gasteiger charge is 2.23. The second-order valence-electron chi connectivity index (χ2n) is 6.39. The van der Waals surface area contributed by atoms with Gasteiger partial charge >= 0.3 is 0 Å². The monoisotopic (exact) mass is 314 g/mol. The lowest BCUT2D eigenvalue weighted by Crippen LogP contribution is -2.41. The smallest absolute Gasteiger partial charge is 0.261 e. The summed E-state index contributed by atoms with van der Waals surface area (Å²) in [7, 11) is 1.57. The molecule has 2 rings (SSSR count). The molecule has 2 N–H and O–H groups in total. The van der Waals surface area contributed by atoms with E-state index in [0.717, 1.165) is 11.1 Å². The van der Waals surface area contributed by atoms with E-state index in [2.05, 4.69) is 4.98 Å². The standard InChI is InChI=1S/C18H22N2O3/c1-12-14(13-8-6-5-7-9-13)10-15(16(21)19-12)17(22)20(4)11-18(2,3)23/h5-10,23H,11H2,1-4H3,(H,19,21). The van der Waals surface area contributed by atoms with Crippen LogP contribution in [0.2, 0.25) is 0 Å². The van der Waals surface area contributed by atoms with Crippen LogP contribution in [0.4, 0.5) is 0 Å². The van der Waals surface area contributed by atoms with Crippen molar-refractivity contribution in [2.24, 2.45) is 0 Å². The van der Waals surface area contributed by atoms with Crippen LogP contribution in [0.25, 0.3) is 11.1 Å². The summed E-state index contributed by atoms with van der Waals surface area (Å²) in [5.74, 6) is -0.412. The number of amides is 1. The molecular weight excluding hydrogens is 292 g/mol. The van der Waals surface area contributed by atoms with Crippen molar-refractivity contribution in [3.05, 3.63) is 58.0 Å². The van der Waals surface area contributed by atoms with Crippen molar-refractivity contribution >= 4 is 5.91 Å². The van der Waals surface area contributed by atoms with Crippen LogP contribution in [0.1, 0.15) is 29.9 Å². The maximum atomic E-state index is 12.5. The Morgan fingerprint density at radius 1 is 1.26 bits per heavy atom. The first kappa shape index (κ1) is 17.0. The fourth-order valence-corrected chi connectivity index (χ4v) is 2.56. The molecular formula is C18H22N2O3. The largest absolute Gasteiger partial charge is 0.389 e. The molecule has 23 heavy (non-hydrogen) atoms. The molecule has 0 radical (unpaired) electrons. The van der Waals surface area contributed by atoms with E-state index in [1.54, 1.807) is 33.9 Å². The number of rotatable bonds is 4. The lowest BCUT2D eigenvalue weighted by atomic mass is 10.0. The molecule has 0 aliphatic rings. The Balaban J connectivity index is 2.44. The van der Waals surface area contributed by atoms with Gasteiger partial charge in [-0.1, -0.05) is 30.3 Å². The molecule has 0 unspecified atom stereocenters. The predicted octanol–water partition coefficient (Wildman–Crippen LogP) is 2.19. The van der Waals surface area contributed by atoms with Gasteiger partial charge in [-0.05, 0) is 32.4 Å². The van der Waals surface area contributed by atoms with Crippen molar-refractivity contribution in [2.75, 3.05) is 13.6 Å². The number of hydrogen-bond acceptors (Lipinski definition) is 3. The minimum atomic E-state index is -1.02. The Labute approximate surface area is 135 Å². The first-order valence-corrected chi connectivity index (χ1v) is 7.46. The van der Waals surface area contributed by atoms with Crippen molar-refractivity contribution in [1.82, 2.24) is 9.88 Å². The van der Waals surface area contributed by atoms with E-state index in [9.17, 15) is 14.7 Å². The summed E-state index contributed by atoms with van der Waals surface area (Å²) in [6.07, 6.45) is 0. The summed E-state index contributed by atoms with van der Waals surface area (Å²) in [5, 5.41) is 9.85. The van der Waals surface area contributed by atoms with Gasteiger partial charge in [0.2, 0.25) is 0 Å². The molecule has 122 valence electrons. The molecule has 2 aromatic rings. The number of nitrogens with zero attached hydrogens (tertiary/aromatic N) is 1. The summed E-state index contributed by atoms with van der Waals surface area (Å²) >= 11 is 0. The third-order valence-corrected chi connectivity index (χ3v) is 3.52. The van der Waals surface area contributed by atoms with Gasteiger partial charge in [-0.15, -0.1) is 0 Å². The number of aromatic nitrogens is 1. The number of aryl methyl sites for hydroxylation is 1. The first-order chi connectivity index (χ1) is 10.7. The fourth-order valence-electron chi connectivity index (χ4n) is 2.56. The number of aliphatic hydroxyl groups is 1. The summed E-state index contributed by atoms with van der Waals surface area (Å²) in [6.45, 7) is 5.18. The Morgan fingerprint density at radius 3 is 2.43 bits per heavy atom. The number of benzene rings is 1. The molecule has 0 fully saturated rings. The molecule has 0 aliphatic carbocycles. The normalized spacial score (nSPS) is 11.3. The van der Waals surface area contributed by atoms with Crippen LogP contribution in [0.5, 0.6) is 0 Å². The highest BCUT2D eigenvalue weighted by Crippen LogP contribution is 2.22. The average molecular weight is 314 g/mol. The van der Waals surface area contributed by atoms with Crippen LogP contribution >= 0.6 is 0 Å². The van der Waals surface area contributed by atoms with Gasteiger partial charge in [-0.2, -0.15) is 0 Å². The second kappa shape index (κ2) is 6.38. The van der Waals surface area contributed by atoms with Crippen LogP contribution in [0.15, 0.2) is 41.2 Å². The van der Waals surface area contributed by atoms with Gasteiger partial charge < -0.3 is 15.0 Å². The topological polar surface area (TPSA) is 73.4 Å². The molecule has 0 aliphatic heterocycles. The van der Waals surface area contributed by atoms with Crippen LogP contribution in [-0.2, 0) is 0 Å². The van der Waals surface area contributed by atoms with Crippen molar-refractivity contribution in [1.29, 1.82) is 0 Å². The van der Waals surface area contributed by atoms with E-state index in [4.69, 9.17) is 0 Å². The maximum absolute atomic E-state index is 12.5. The highest BCUT2D eigenvalue weighted by molar-refractivity contribution is 5.95. The molecule has 1 heterocycles. The number of likely N-dealkylation sites (N-methyl/N-ethyl adjacent to an activating group) is 1. The Hall–Kier alpha value is -2.40. The average Bonchev–Trinajstić information content (AvgIpc) is 2.46. The number of carbonyl (C=O) groups excluding carboxylic acids is 1. The number of hydrogen-bond donors (Lipinski definition) is 2. The van der Waals surface area contributed by atoms with Crippen LogP contribution in [0.3, 0.4) is 0 Å². The Morgan fingerprint density at radius 2 is 1.87 bits per heavy atom. The fraction of sp³-hybridized carbons (Fsp3) is 0.333. The van der Waals surface area contributed by atoms with E-state index < -0.39 is 17.1 Å². The van der Waals surface area contributed by atoms with Crippen LogP contribution in [0, 0.1) is 6.92 Å². The van der Waals surface area contributed by atoms with Gasteiger partial charge in [-0.3, -0.25) is 9.59 Å². The van der Waals surface area contributed by atoms with Crippen molar-refractivity contribution in [3.8, 4) is 11.1 Å². The Kier molecular flexibility index (Phi) is 4.71. The minimum Gasteiger partial charge on any atom is -0.389 e. The van der Waals surface area contributed by atoms with Crippen molar-refractivity contribution in [3.63, 3.8) is 0 Å². The van der Waals surface area contributed by atoms with Crippen molar-refractivity contribution in [2.45, 2.75) is 26.4 Å². The SMILES string of the molecule is Cc1[nH]c(=O)c(C(=O)N(C)CC(C)(C)O)cc1-c1ccccc1.